The van der Waals surface area contributed by atoms with Crippen LogP contribution in [-0.2, 0) is 4.79 Å². The van der Waals surface area contributed by atoms with E-state index in [4.69, 9.17) is 21.4 Å². The molecule has 0 fully saturated rings. The van der Waals surface area contributed by atoms with Gasteiger partial charge in [-0.15, -0.1) is 0 Å². The summed E-state index contributed by atoms with van der Waals surface area (Å²) in [5, 5.41) is 9.55. The summed E-state index contributed by atoms with van der Waals surface area (Å²) in [6, 6.07) is 5.41. The number of hydrogen-bond acceptors (Lipinski definition) is 3. The highest BCUT2D eigenvalue weighted by molar-refractivity contribution is 6.32. The predicted molar refractivity (Wildman–Crippen MR) is 81.8 cm³/mol. The van der Waals surface area contributed by atoms with Gasteiger partial charge in [-0.1, -0.05) is 30.7 Å². The number of benzene rings is 1. The maximum absolute atomic E-state index is 11.0. The number of aliphatic carboxylic acids is 1. The van der Waals surface area contributed by atoms with Crippen molar-refractivity contribution >= 4 is 23.3 Å². The van der Waals surface area contributed by atoms with E-state index < -0.39 is 11.9 Å². The monoisotopic (exact) mass is 297 g/mol. The molecule has 0 aliphatic heterocycles. The zero-order valence-electron chi connectivity index (χ0n) is 12.0. The number of anilines is 1. The highest BCUT2D eigenvalue weighted by atomic mass is 35.5. The summed E-state index contributed by atoms with van der Waals surface area (Å²) < 4.78 is 5.12. The molecule has 0 aromatic heterocycles. The van der Waals surface area contributed by atoms with Gasteiger partial charge in [-0.25, -0.2) is 0 Å². The molecule has 1 atom stereocenters. The lowest BCUT2D eigenvalue weighted by Gasteiger charge is -2.27. The third-order valence-electron chi connectivity index (χ3n) is 2.88. The fraction of sp³-hybridized carbons (Fsp3) is 0.400. The predicted octanol–water partition coefficient (Wildman–Crippen LogP) is 3.45. The largest absolute Gasteiger partial charge is 0.495 e. The highest BCUT2D eigenvalue weighted by Crippen LogP contribution is 2.29. The lowest BCUT2D eigenvalue weighted by atomic mass is 10.1. The van der Waals surface area contributed by atoms with Crippen molar-refractivity contribution in [3.05, 3.63) is 35.4 Å². The Morgan fingerprint density at radius 1 is 1.55 bits per heavy atom. The third-order valence-corrected chi connectivity index (χ3v) is 3.17. The zero-order chi connectivity index (χ0) is 15.3. The Balaban J connectivity index is 3.00. The molecule has 5 heteroatoms. The van der Waals surface area contributed by atoms with Crippen molar-refractivity contribution in [1.29, 1.82) is 0 Å². The van der Waals surface area contributed by atoms with Crippen molar-refractivity contribution in [3.8, 4) is 5.75 Å². The van der Waals surface area contributed by atoms with Gasteiger partial charge in [-0.05, 0) is 25.1 Å². The SMILES string of the molecule is C=C(C)CN(CC(C)C(=O)O)c1ccc(OC)c(Cl)c1. The number of hydrogen-bond donors (Lipinski definition) is 1. The minimum absolute atomic E-state index is 0.394. The number of ether oxygens (including phenoxy) is 1. The molecule has 1 aromatic rings. The molecule has 0 radical (unpaired) electrons. The molecule has 0 aliphatic carbocycles. The van der Waals surface area contributed by atoms with Crippen LogP contribution >= 0.6 is 11.6 Å². The molecule has 0 saturated heterocycles. The van der Waals surface area contributed by atoms with E-state index in [0.29, 0.717) is 23.9 Å². The van der Waals surface area contributed by atoms with Crippen molar-refractivity contribution in [2.45, 2.75) is 13.8 Å². The third kappa shape index (κ3) is 4.46. The highest BCUT2D eigenvalue weighted by Gasteiger charge is 2.17. The number of nitrogens with zero attached hydrogens (tertiary/aromatic N) is 1. The van der Waals surface area contributed by atoms with Gasteiger partial charge in [0.2, 0.25) is 0 Å². The molecule has 20 heavy (non-hydrogen) atoms. The standard InChI is InChI=1S/C15H20ClNO3/c1-10(2)8-17(9-11(3)15(18)19)12-5-6-14(20-4)13(16)7-12/h5-7,11H,1,8-9H2,2-4H3,(H,18,19). The van der Waals surface area contributed by atoms with E-state index in [1.807, 2.05) is 17.9 Å². The van der Waals surface area contributed by atoms with Gasteiger partial charge >= 0.3 is 5.97 Å². The van der Waals surface area contributed by atoms with E-state index in [0.717, 1.165) is 11.3 Å². The van der Waals surface area contributed by atoms with E-state index in [-0.39, 0.29) is 0 Å². The van der Waals surface area contributed by atoms with Crippen molar-refractivity contribution in [2.75, 3.05) is 25.1 Å². The molecule has 0 amide bonds. The summed E-state index contributed by atoms with van der Waals surface area (Å²) in [5.74, 6) is -0.705. The second-order valence-electron chi connectivity index (χ2n) is 4.90. The van der Waals surface area contributed by atoms with Gasteiger partial charge in [0.05, 0.1) is 18.1 Å². The molecule has 0 aliphatic rings. The van der Waals surface area contributed by atoms with Crippen LogP contribution in [-0.4, -0.2) is 31.3 Å². The minimum Gasteiger partial charge on any atom is -0.495 e. The molecule has 0 bridgehead atoms. The Morgan fingerprint density at radius 2 is 2.20 bits per heavy atom. The fourth-order valence-electron chi connectivity index (χ4n) is 1.85. The summed E-state index contributed by atoms with van der Waals surface area (Å²) in [6.45, 7) is 8.45. The first-order valence-electron chi connectivity index (χ1n) is 6.30. The molecule has 0 spiro atoms. The number of methoxy groups -OCH3 is 1. The maximum atomic E-state index is 11.0. The molecule has 110 valence electrons. The Kier molecular flexibility index (Phi) is 5.89. The molecule has 4 nitrogen and oxygen atoms in total. The molecular weight excluding hydrogens is 278 g/mol. The molecule has 1 unspecified atom stereocenters. The second-order valence-corrected chi connectivity index (χ2v) is 5.30. The Labute approximate surface area is 124 Å². The summed E-state index contributed by atoms with van der Waals surface area (Å²) in [6.07, 6.45) is 0. The number of rotatable bonds is 7. The number of carbonyl (C=O) groups is 1. The van der Waals surface area contributed by atoms with Crippen LogP contribution in [0.5, 0.6) is 5.75 Å². The van der Waals surface area contributed by atoms with Crippen LogP contribution in [0.4, 0.5) is 5.69 Å². The number of carboxylic acids is 1. The van der Waals surface area contributed by atoms with Crippen LogP contribution in [0.25, 0.3) is 0 Å². The first-order valence-corrected chi connectivity index (χ1v) is 6.68. The fourth-order valence-corrected chi connectivity index (χ4v) is 2.10. The van der Waals surface area contributed by atoms with Gasteiger partial charge in [-0.2, -0.15) is 0 Å². The lowest BCUT2D eigenvalue weighted by molar-refractivity contribution is -0.140. The van der Waals surface area contributed by atoms with Crippen LogP contribution in [0.2, 0.25) is 5.02 Å². The summed E-state index contributed by atoms with van der Waals surface area (Å²) in [7, 11) is 1.55. The molecular formula is C15H20ClNO3. The molecule has 1 rings (SSSR count). The Bertz CT molecular complexity index is 502. The van der Waals surface area contributed by atoms with Crippen LogP contribution in [0.15, 0.2) is 30.4 Å². The molecule has 1 N–H and O–H groups in total. The number of halogens is 1. The summed E-state index contributed by atoms with van der Waals surface area (Å²) >= 11 is 6.12. The summed E-state index contributed by atoms with van der Waals surface area (Å²) in [5.41, 5.74) is 1.81. The average Bonchev–Trinajstić information content (AvgIpc) is 2.37. The van der Waals surface area contributed by atoms with Gasteiger partial charge in [0.1, 0.15) is 5.75 Å². The molecule has 0 heterocycles. The Morgan fingerprint density at radius 3 is 2.65 bits per heavy atom. The van der Waals surface area contributed by atoms with Crippen molar-refractivity contribution < 1.29 is 14.6 Å². The zero-order valence-corrected chi connectivity index (χ0v) is 12.8. The quantitative estimate of drug-likeness (QED) is 0.783. The smallest absolute Gasteiger partial charge is 0.308 e. The van der Waals surface area contributed by atoms with Gasteiger partial charge < -0.3 is 14.7 Å². The maximum Gasteiger partial charge on any atom is 0.308 e. The van der Waals surface area contributed by atoms with Crippen LogP contribution in [0, 0.1) is 5.92 Å². The van der Waals surface area contributed by atoms with E-state index in [1.54, 1.807) is 26.2 Å². The van der Waals surface area contributed by atoms with E-state index >= 15 is 0 Å². The molecule has 0 saturated carbocycles. The topological polar surface area (TPSA) is 49.8 Å². The van der Waals surface area contributed by atoms with Crippen LogP contribution in [0.3, 0.4) is 0 Å². The van der Waals surface area contributed by atoms with Gasteiger partial charge in [0.25, 0.3) is 0 Å². The lowest BCUT2D eigenvalue weighted by Crippen LogP contribution is -2.33. The van der Waals surface area contributed by atoms with E-state index in [2.05, 4.69) is 6.58 Å². The Hall–Kier alpha value is -1.68. The second kappa shape index (κ2) is 7.20. The summed E-state index contributed by atoms with van der Waals surface area (Å²) in [4.78, 5) is 13.0. The first-order chi connectivity index (χ1) is 9.35. The average molecular weight is 298 g/mol. The van der Waals surface area contributed by atoms with Crippen molar-refractivity contribution in [3.63, 3.8) is 0 Å². The minimum atomic E-state index is -0.823. The van der Waals surface area contributed by atoms with E-state index in [1.165, 1.54) is 0 Å². The van der Waals surface area contributed by atoms with Crippen molar-refractivity contribution in [1.82, 2.24) is 0 Å². The van der Waals surface area contributed by atoms with Gasteiger partial charge in [0, 0.05) is 18.8 Å². The van der Waals surface area contributed by atoms with E-state index in [9.17, 15) is 4.79 Å². The number of carboxylic acid groups (broad SMARTS) is 1. The van der Waals surface area contributed by atoms with Gasteiger partial charge in [-0.3, -0.25) is 4.79 Å². The van der Waals surface area contributed by atoms with Crippen LogP contribution < -0.4 is 9.64 Å². The first kappa shape index (κ1) is 16.4. The van der Waals surface area contributed by atoms with Crippen LogP contribution in [0.1, 0.15) is 13.8 Å². The van der Waals surface area contributed by atoms with Gasteiger partial charge in [0.15, 0.2) is 0 Å². The normalized spacial score (nSPS) is 11.8. The van der Waals surface area contributed by atoms with Crippen molar-refractivity contribution in [2.24, 2.45) is 5.92 Å². The molecule has 1 aromatic carbocycles.